The van der Waals surface area contributed by atoms with Gasteiger partial charge in [-0.15, -0.1) is 0 Å². The van der Waals surface area contributed by atoms with Crippen molar-refractivity contribution >= 4 is 72.2 Å². The minimum Gasteiger partial charge on any atom is -0.456 e. The molecule has 4 heterocycles. The zero-order valence-electron chi connectivity index (χ0n) is 29.8. The summed E-state index contributed by atoms with van der Waals surface area (Å²) in [7, 11) is 0. The van der Waals surface area contributed by atoms with Crippen molar-refractivity contribution in [1.82, 2.24) is 4.57 Å². The van der Waals surface area contributed by atoms with Crippen LogP contribution in [-0.4, -0.2) is 10.3 Å². The lowest BCUT2D eigenvalue weighted by Crippen LogP contribution is -2.20. The van der Waals surface area contributed by atoms with Gasteiger partial charge in [0.25, 0.3) is 0 Å². The quantitative estimate of drug-likeness (QED) is 0.198. The van der Waals surface area contributed by atoms with Gasteiger partial charge in [-0.2, -0.15) is 0 Å². The summed E-state index contributed by atoms with van der Waals surface area (Å²) in [6.07, 6.45) is 6.18. The number of aryl methyl sites for hydroxylation is 1. The molecule has 0 radical (unpaired) electrons. The molecule has 0 saturated carbocycles. The molecule has 1 atom stereocenters. The van der Waals surface area contributed by atoms with Gasteiger partial charge in [0.15, 0.2) is 0 Å². The molecule has 12 rings (SSSR count). The molecule has 1 aliphatic carbocycles. The van der Waals surface area contributed by atoms with E-state index in [-0.39, 0.29) is 6.17 Å². The van der Waals surface area contributed by atoms with Crippen LogP contribution in [0.1, 0.15) is 40.6 Å². The summed E-state index contributed by atoms with van der Waals surface area (Å²) in [4.78, 5) is 5.34. The van der Waals surface area contributed by atoms with E-state index in [4.69, 9.17) is 13.8 Å². The highest BCUT2D eigenvalue weighted by molar-refractivity contribution is 6.26. The molecule has 0 saturated heterocycles. The number of fused-ring (bicyclic) bond motifs is 10. The predicted octanol–water partition coefficient (Wildman–Crippen LogP) is 13.0. The highest BCUT2D eigenvalue weighted by Gasteiger charge is 2.25. The van der Waals surface area contributed by atoms with Crippen LogP contribution in [0.25, 0.3) is 77.6 Å². The number of hydrogen-bond donors (Lipinski definition) is 1. The van der Waals surface area contributed by atoms with E-state index < -0.39 is 0 Å². The Morgan fingerprint density at radius 3 is 2.33 bits per heavy atom. The Bertz CT molecular complexity index is 3250. The molecule has 0 fully saturated rings. The van der Waals surface area contributed by atoms with Crippen LogP contribution in [0.4, 0.5) is 5.69 Å². The minimum absolute atomic E-state index is 0.196. The van der Waals surface area contributed by atoms with Crippen molar-refractivity contribution in [2.75, 3.05) is 5.32 Å². The van der Waals surface area contributed by atoms with E-state index in [2.05, 4.69) is 168 Å². The second kappa shape index (κ2) is 11.7. The Kier molecular flexibility index (Phi) is 6.46. The topological polar surface area (TPSA) is 55.6 Å². The first-order valence-electron chi connectivity index (χ1n) is 19.0. The number of anilines is 1. The van der Waals surface area contributed by atoms with Crippen molar-refractivity contribution in [3.63, 3.8) is 0 Å². The third kappa shape index (κ3) is 4.63. The maximum absolute atomic E-state index is 6.70. The van der Waals surface area contributed by atoms with Crippen LogP contribution in [0.15, 0.2) is 172 Å². The van der Waals surface area contributed by atoms with Gasteiger partial charge >= 0.3 is 0 Å². The molecule has 7 aromatic carbocycles. The number of rotatable bonds is 4. The lowest BCUT2D eigenvalue weighted by Gasteiger charge is -2.26. The fourth-order valence-corrected chi connectivity index (χ4v) is 8.94. The molecule has 1 unspecified atom stereocenters. The maximum Gasteiger partial charge on any atom is 0.145 e. The SMILES string of the molecule is C1=Cc2oc3ccc(-c4ccc5c(c4)c4ccccc4n5-c4ccc5c(c4)oc4cccc(C6=NC(c7ccccc7)Nc7ccccc76)c45)cc3c2CC1. The Labute approximate surface area is 316 Å². The number of benzene rings is 7. The summed E-state index contributed by atoms with van der Waals surface area (Å²) in [5.41, 5.74) is 15.0. The van der Waals surface area contributed by atoms with Crippen molar-refractivity contribution in [2.24, 2.45) is 4.99 Å². The number of para-hydroxylation sites is 2. The number of aromatic nitrogens is 1. The number of nitrogens with one attached hydrogen (secondary N) is 1. The molecule has 260 valence electrons. The first-order valence-corrected chi connectivity index (χ1v) is 19.0. The van der Waals surface area contributed by atoms with Crippen LogP contribution < -0.4 is 5.32 Å². The number of allylic oxidation sites excluding steroid dienone is 1. The van der Waals surface area contributed by atoms with Gasteiger partial charge in [0, 0.05) is 61.1 Å². The standard InChI is InChI=1S/C50H33N3O2/c1-2-11-30(12-3-1)50-51-41-17-7-4-15-36(41)49(52-50)38-16-10-20-46-48(38)37-24-23-33(29-47(37)55-46)53-42-18-8-5-13-34(42)39-27-31(21-25-43(39)53)32-22-26-45-40(28-32)35-14-6-9-19-44(35)54-45/h1-5,7-13,15-29,50-51H,6,14H2. The summed E-state index contributed by atoms with van der Waals surface area (Å²) < 4.78 is 15.2. The number of furan rings is 2. The van der Waals surface area contributed by atoms with Crippen LogP contribution in [0, 0.1) is 0 Å². The Morgan fingerprint density at radius 2 is 1.38 bits per heavy atom. The Hall–Kier alpha value is -7.11. The zero-order valence-corrected chi connectivity index (χ0v) is 29.8. The monoisotopic (exact) mass is 707 g/mol. The number of hydrogen-bond acceptors (Lipinski definition) is 4. The molecule has 10 aromatic rings. The molecule has 3 aromatic heterocycles. The molecule has 0 spiro atoms. The second-order valence-electron chi connectivity index (χ2n) is 14.6. The largest absolute Gasteiger partial charge is 0.456 e. The lowest BCUT2D eigenvalue weighted by atomic mass is 9.94. The van der Waals surface area contributed by atoms with E-state index in [0.29, 0.717) is 0 Å². The molecule has 1 N–H and O–H groups in total. The zero-order chi connectivity index (χ0) is 36.0. The molecule has 0 amide bonds. The van der Waals surface area contributed by atoms with Crippen LogP contribution in [-0.2, 0) is 6.42 Å². The minimum atomic E-state index is -0.196. The van der Waals surface area contributed by atoms with E-state index in [1.807, 2.05) is 6.07 Å². The van der Waals surface area contributed by atoms with Gasteiger partial charge in [-0.1, -0.05) is 97.1 Å². The molecule has 1 aliphatic heterocycles. The highest BCUT2D eigenvalue weighted by atomic mass is 16.3. The van der Waals surface area contributed by atoms with E-state index in [9.17, 15) is 0 Å². The van der Waals surface area contributed by atoms with Gasteiger partial charge < -0.3 is 18.7 Å². The third-order valence-electron chi connectivity index (χ3n) is 11.5. The molecule has 2 aliphatic rings. The molecular formula is C50H33N3O2. The molecule has 5 nitrogen and oxygen atoms in total. The van der Waals surface area contributed by atoms with Crippen LogP contribution in [0.2, 0.25) is 0 Å². The summed E-state index contributed by atoms with van der Waals surface area (Å²) >= 11 is 0. The summed E-state index contributed by atoms with van der Waals surface area (Å²) in [5, 5.41) is 9.45. The molecule has 5 heteroatoms. The summed E-state index contributed by atoms with van der Waals surface area (Å²) in [6, 6.07) is 54.0. The average Bonchev–Trinajstić information content (AvgIpc) is 3.92. The van der Waals surface area contributed by atoms with Gasteiger partial charge in [-0.3, -0.25) is 4.99 Å². The normalized spacial score (nSPS) is 15.1. The Morgan fingerprint density at radius 1 is 0.582 bits per heavy atom. The first-order chi connectivity index (χ1) is 27.2. The van der Waals surface area contributed by atoms with E-state index in [1.165, 1.54) is 32.8 Å². The maximum atomic E-state index is 6.70. The van der Waals surface area contributed by atoms with Crippen LogP contribution in [0.3, 0.4) is 0 Å². The molecular weight excluding hydrogens is 675 g/mol. The average molecular weight is 708 g/mol. The number of aliphatic imine (C=N–C) groups is 1. The van der Waals surface area contributed by atoms with Crippen molar-refractivity contribution in [2.45, 2.75) is 19.0 Å². The predicted molar refractivity (Wildman–Crippen MR) is 226 cm³/mol. The van der Waals surface area contributed by atoms with Gasteiger partial charge in [0.2, 0.25) is 0 Å². The van der Waals surface area contributed by atoms with E-state index >= 15 is 0 Å². The van der Waals surface area contributed by atoms with Gasteiger partial charge in [-0.05, 0) is 90.2 Å². The molecule has 55 heavy (non-hydrogen) atoms. The number of nitrogens with zero attached hydrogens (tertiary/aromatic N) is 2. The van der Waals surface area contributed by atoms with Gasteiger partial charge in [0.1, 0.15) is 28.7 Å². The van der Waals surface area contributed by atoms with Gasteiger partial charge in [-0.25, -0.2) is 0 Å². The summed E-state index contributed by atoms with van der Waals surface area (Å²) in [5.74, 6) is 0.997. The lowest BCUT2D eigenvalue weighted by molar-refractivity contribution is 0.595. The van der Waals surface area contributed by atoms with Gasteiger partial charge in [0.05, 0.1) is 16.7 Å². The fraction of sp³-hybridized carbons (Fsp3) is 0.0600. The van der Waals surface area contributed by atoms with Crippen molar-refractivity contribution in [1.29, 1.82) is 0 Å². The van der Waals surface area contributed by atoms with Crippen molar-refractivity contribution < 1.29 is 8.83 Å². The van der Waals surface area contributed by atoms with E-state index in [0.717, 1.165) is 90.9 Å². The second-order valence-corrected chi connectivity index (χ2v) is 14.6. The third-order valence-corrected chi connectivity index (χ3v) is 11.5. The van der Waals surface area contributed by atoms with Crippen LogP contribution >= 0.6 is 0 Å². The summed E-state index contributed by atoms with van der Waals surface area (Å²) in [6.45, 7) is 0. The first kappa shape index (κ1) is 30.4. The Balaban J connectivity index is 0.999. The van der Waals surface area contributed by atoms with E-state index in [1.54, 1.807) is 0 Å². The van der Waals surface area contributed by atoms with Crippen LogP contribution in [0.5, 0.6) is 0 Å². The fourth-order valence-electron chi connectivity index (χ4n) is 8.94. The smallest absolute Gasteiger partial charge is 0.145 e. The van der Waals surface area contributed by atoms with Crippen molar-refractivity contribution in [3.8, 4) is 16.8 Å². The molecule has 0 bridgehead atoms. The highest BCUT2D eigenvalue weighted by Crippen LogP contribution is 2.41. The van der Waals surface area contributed by atoms with Crippen molar-refractivity contribution in [3.05, 3.63) is 186 Å².